The first-order valence-electron chi connectivity index (χ1n) is 14.3. The second kappa shape index (κ2) is 16.8. The van der Waals surface area contributed by atoms with Crippen LogP contribution >= 0.6 is 0 Å². The molecule has 1 unspecified atom stereocenters. The number of nitrogens with one attached hydrogen (secondary N) is 1. The fourth-order valence-electron chi connectivity index (χ4n) is 5.21. The van der Waals surface area contributed by atoms with Crippen LogP contribution in [0, 0.1) is 34.9 Å². The molecule has 1 amide bonds. The van der Waals surface area contributed by atoms with E-state index in [4.69, 9.17) is 20.0 Å². The zero-order valence-electron chi connectivity index (χ0n) is 24.9. The normalized spacial score (nSPS) is 21.2. The number of likely N-dealkylation sites (tertiary alicyclic amines) is 2. The third kappa shape index (κ3) is 11.0. The van der Waals surface area contributed by atoms with E-state index in [1.807, 2.05) is 11.9 Å². The smallest absolute Gasteiger partial charge is 0.227 e. The minimum Gasteiger partial charge on any atom is -0.493 e. The zero-order valence-corrected chi connectivity index (χ0v) is 24.9. The molecule has 0 aromatic heterocycles. The van der Waals surface area contributed by atoms with Crippen molar-refractivity contribution in [2.45, 2.75) is 59.0 Å². The van der Waals surface area contributed by atoms with E-state index in [2.05, 4.69) is 25.7 Å². The maximum absolute atomic E-state index is 14.5. The lowest BCUT2D eigenvalue weighted by Gasteiger charge is -2.38. The van der Waals surface area contributed by atoms with Crippen LogP contribution < -0.4 is 4.74 Å². The fourth-order valence-corrected chi connectivity index (χ4v) is 5.21. The number of carbonyl (C=O) groups is 1. The van der Waals surface area contributed by atoms with Crippen molar-refractivity contribution in [3.05, 3.63) is 29.6 Å². The first-order chi connectivity index (χ1) is 18.7. The van der Waals surface area contributed by atoms with Gasteiger partial charge in [0.05, 0.1) is 32.1 Å². The molecule has 3 fully saturated rings. The van der Waals surface area contributed by atoms with Crippen molar-refractivity contribution in [1.29, 1.82) is 5.41 Å². The second-order valence-corrected chi connectivity index (χ2v) is 11.6. The summed E-state index contributed by atoms with van der Waals surface area (Å²) >= 11 is 0. The Balaban J connectivity index is 0.00000105. The molecule has 2 atom stereocenters. The van der Waals surface area contributed by atoms with Gasteiger partial charge in [-0.2, -0.15) is 0 Å². The minimum absolute atomic E-state index is 0. The molecule has 2 heterocycles. The van der Waals surface area contributed by atoms with Crippen molar-refractivity contribution in [3.63, 3.8) is 0 Å². The molecular formula is C30H53FN4O4. The van der Waals surface area contributed by atoms with Gasteiger partial charge in [-0.15, -0.1) is 0 Å². The maximum Gasteiger partial charge on any atom is 0.227 e. The third-order valence-electron chi connectivity index (χ3n) is 7.52. The Morgan fingerprint density at radius 1 is 1.26 bits per heavy atom. The summed E-state index contributed by atoms with van der Waals surface area (Å²) in [7, 11) is 4.58. The van der Waals surface area contributed by atoms with E-state index in [0.717, 1.165) is 57.0 Å². The third-order valence-corrected chi connectivity index (χ3v) is 7.52. The van der Waals surface area contributed by atoms with Gasteiger partial charge in [0, 0.05) is 54.9 Å². The number of amides is 1. The van der Waals surface area contributed by atoms with Crippen LogP contribution in [-0.4, -0.2) is 98.9 Å². The van der Waals surface area contributed by atoms with Crippen molar-refractivity contribution in [2.75, 3.05) is 60.7 Å². The first-order valence-corrected chi connectivity index (χ1v) is 14.3. The molecule has 2 saturated heterocycles. The predicted molar refractivity (Wildman–Crippen MR) is 156 cm³/mol. The van der Waals surface area contributed by atoms with Crippen molar-refractivity contribution >= 4 is 12.2 Å². The van der Waals surface area contributed by atoms with Crippen molar-refractivity contribution in [3.8, 4) is 5.75 Å². The number of aliphatic hydroxyl groups is 1. The number of carbonyl (C=O) groups excluding carboxylic acids is 1. The summed E-state index contributed by atoms with van der Waals surface area (Å²) in [5.74, 6) is 3.25. The van der Waals surface area contributed by atoms with Gasteiger partial charge in [0.15, 0.2) is 0 Å². The summed E-state index contributed by atoms with van der Waals surface area (Å²) in [6.07, 6.45) is 6.33. The largest absolute Gasteiger partial charge is 0.493 e. The quantitative estimate of drug-likeness (QED) is 0.313. The number of rotatable bonds is 11. The number of benzene rings is 1. The van der Waals surface area contributed by atoms with E-state index >= 15 is 0 Å². The zero-order chi connectivity index (χ0) is 28.9. The van der Waals surface area contributed by atoms with Gasteiger partial charge in [-0.25, -0.2) is 4.39 Å². The van der Waals surface area contributed by atoms with Crippen LogP contribution in [-0.2, 0) is 16.0 Å². The maximum atomic E-state index is 14.5. The SMILES string of the molecule is CC(C)C.CO.COC1CN(C(=O)Cc2ccc(OCCC3C[C@@H]3C3CCN(CN(C)C=N)CC3)cc2F)C1.[HH]. The van der Waals surface area contributed by atoms with Gasteiger partial charge in [0.25, 0.3) is 0 Å². The number of piperidine rings is 1. The van der Waals surface area contributed by atoms with E-state index in [1.54, 1.807) is 24.1 Å². The predicted octanol–water partition coefficient (Wildman–Crippen LogP) is 4.36. The molecule has 1 aromatic rings. The molecule has 1 aromatic carbocycles. The summed E-state index contributed by atoms with van der Waals surface area (Å²) < 4.78 is 25.5. The molecule has 1 aliphatic carbocycles. The lowest BCUT2D eigenvalue weighted by molar-refractivity contribution is -0.142. The van der Waals surface area contributed by atoms with Crippen LogP contribution in [0.4, 0.5) is 4.39 Å². The molecule has 4 rings (SSSR count). The van der Waals surface area contributed by atoms with Gasteiger partial charge >= 0.3 is 0 Å². The molecule has 2 aliphatic heterocycles. The van der Waals surface area contributed by atoms with E-state index in [9.17, 15) is 9.18 Å². The van der Waals surface area contributed by atoms with E-state index in [-0.39, 0.29) is 25.7 Å². The molecule has 39 heavy (non-hydrogen) atoms. The number of hydrogen-bond acceptors (Lipinski definition) is 6. The molecule has 8 nitrogen and oxygen atoms in total. The van der Waals surface area contributed by atoms with Crippen LogP contribution in [0.1, 0.15) is 53.4 Å². The molecule has 2 N–H and O–H groups in total. The Labute approximate surface area is 236 Å². The average Bonchev–Trinajstić information content (AvgIpc) is 3.66. The molecule has 0 radical (unpaired) electrons. The number of aliphatic hydroxyl groups excluding tert-OH is 1. The van der Waals surface area contributed by atoms with Gasteiger partial charge < -0.3 is 24.4 Å². The van der Waals surface area contributed by atoms with Crippen molar-refractivity contribution in [1.82, 2.24) is 14.7 Å². The number of methoxy groups -OCH3 is 1. The second-order valence-electron chi connectivity index (χ2n) is 11.6. The molecule has 9 heteroatoms. The Morgan fingerprint density at radius 3 is 2.46 bits per heavy atom. The number of nitrogens with zero attached hydrogens (tertiary/aromatic N) is 3. The molecule has 1 saturated carbocycles. The lowest BCUT2D eigenvalue weighted by Crippen LogP contribution is -2.54. The Hall–Kier alpha value is -2.23. The first kappa shape index (κ1) is 33.0. The van der Waals surface area contributed by atoms with Crippen LogP contribution in [0.3, 0.4) is 0 Å². The van der Waals surface area contributed by atoms with Crippen LogP contribution in [0.15, 0.2) is 18.2 Å². The minimum atomic E-state index is -0.380. The Kier molecular flexibility index (Phi) is 14.2. The summed E-state index contributed by atoms with van der Waals surface area (Å²) in [6, 6.07) is 4.84. The number of halogens is 1. The molecule has 0 bridgehead atoms. The number of hydrogen-bond donors (Lipinski definition) is 2. The van der Waals surface area contributed by atoms with Gasteiger partial charge in [0.1, 0.15) is 11.6 Å². The molecule has 0 spiro atoms. The number of ether oxygens (including phenoxy) is 2. The monoisotopic (exact) mass is 552 g/mol. The van der Waals surface area contributed by atoms with E-state index < -0.39 is 0 Å². The van der Waals surface area contributed by atoms with Gasteiger partial charge in [-0.1, -0.05) is 26.8 Å². The highest BCUT2D eigenvalue weighted by Gasteiger charge is 2.43. The fraction of sp³-hybridized carbons (Fsp3) is 0.733. The standard InChI is InChI=1S/C25H37FN4O3.C4H10.CH4O.H2/c1-28(16-27)17-29-8-5-18(6-9-29)23-11-19(23)7-10-33-21-4-3-20(24(26)13-21)12-25(31)30-14-22(15-30)32-2;1-4(2)3;1-2;/h3-4,13,16,18-19,22-23,27H,5-12,14-15,17H2,1-2H3;4H,1-3H3;2H,1H3;1H/t19?,23-;;;/m1.../s1. The summed E-state index contributed by atoms with van der Waals surface area (Å²) in [5.41, 5.74) is 0.411. The van der Waals surface area contributed by atoms with Crippen LogP contribution in [0.2, 0.25) is 0 Å². The Morgan fingerprint density at radius 2 is 1.90 bits per heavy atom. The van der Waals surface area contributed by atoms with Gasteiger partial charge in [-0.05, 0) is 61.0 Å². The molecule has 3 aliphatic rings. The van der Waals surface area contributed by atoms with Crippen molar-refractivity contribution in [2.24, 2.45) is 23.7 Å². The lowest BCUT2D eigenvalue weighted by atomic mass is 9.90. The highest BCUT2D eigenvalue weighted by Crippen LogP contribution is 2.49. The van der Waals surface area contributed by atoms with Gasteiger partial charge in [0.2, 0.25) is 5.91 Å². The topological polar surface area (TPSA) is 89.3 Å². The summed E-state index contributed by atoms with van der Waals surface area (Å²) in [5, 5.41) is 14.3. The van der Waals surface area contributed by atoms with Gasteiger partial charge in [-0.3, -0.25) is 15.1 Å². The van der Waals surface area contributed by atoms with Crippen LogP contribution in [0.25, 0.3) is 0 Å². The molecular weight excluding hydrogens is 499 g/mol. The average molecular weight is 553 g/mol. The summed E-state index contributed by atoms with van der Waals surface area (Å²) in [6.45, 7) is 11.3. The van der Waals surface area contributed by atoms with Crippen LogP contribution in [0.5, 0.6) is 5.75 Å². The highest BCUT2D eigenvalue weighted by atomic mass is 19.1. The van der Waals surface area contributed by atoms with E-state index in [0.29, 0.717) is 31.0 Å². The highest BCUT2D eigenvalue weighted by molar-refractivity contribution is 5.79. The Bertz CT molecular complexity index is 877. The van der Waals surface area contributed by atoms with E-state index in [1.165, 1.54) is 31.7 Å². The summed E-state index contributed by atoms with van der Waals surface area (Å²) in [4.78, 5) is 18.3. The van der Waals surface area contributed by atoms with Crippen molar-refractivity contribution < 1.29 is 25.2 Å². The molecule has 224 valence electrons.